The van der Waals surface area contributed by atoms with E-state index in [1.165, 1.54) is 0 Å². The smallest absolute Gasteiger partial charge is 0.331 e. The minimum absolute atomic E-state index is 0.189. The summed E-state index contributed by atoms with van der Waals surface area (Å²) in [6.07, 6.45) is -1.32. The first-order valence-electron chi connectivity index (χ1n) is 6.94. The van der Waals surface area contributed by atoms with Crippen molar-refractivity contribution < 1.29 is 18.0 Å². The molecule has 0 radical (unpaired) electrons. The van der Waals surface area contributed by atoms with Crippen LogP contribution in [0.5, 0.6) is 0 Å². The van der Waals surface area contributed by atoms with E-state index in [2.05, 4.69) is 5.32 Å². The Labute approximate surface area is 111 Å². The van der Waals surface area contributed by atoms with Gasteiger partial charge in [0.1, 0.15) is 6.54 Å². The van der Waals surface area contributed by atoms with E-state index in [-0.39, 0.29) is 30.2 Å². The lowest BCUT2D eigenvalue weighted by molar-refractivity contribution is -0.166. The first-order valence-corrected chi connectivity index (χ1v) is 6.94. The van der Waals surface area contributed by atoms with Crippen molar-refractivity contribution in [3.63, 3.8) is 0 Å². The lowest BCUT2D eigenvalue weighted by Crippen LogP contribution is -2.46. The first-order chi connectivity index (χ1) is 8.87. The molecule has 0 spiro atoms. The molecule has 0 bridgehead atoms. The van der Waals surface area contributed by atoms with E-state index in [4.69, 9.17) is 0 Å². The Hall–Kier alpha value is -0.780. The fourth-order valence-electron chi connectivity index (χ4n) is 2.74. The molecule has 1 aliphatic heterocycles. The molecule has 2 atom stereocenters. The molecule has 2 aliphatic rings. The number of hydrogen-bond donors (Lipinski definition) is 1. The second-order valence-corrected chi connectivity index (χ2v) is 5.78. The Morgan fingerprint density at radius 2 is 2.05 bits per heavy atom. The lowest BCUT2D eigenvalue weighted by atomic mass is 10.0. The molecule has 0 aromatic heterocycles. The molecule has 6 heteroatoms. The fraction of sp³-hybridized carbons (Fsp3) is 0.923. The van der Waals surface area contributed by atoms with Gasteiger partial charge in [-0.2, -0.15) is 13.2 Å². The molecule has 3 nitrogen and oxygen atoms in total. The van der Waals surface area contributed by atoms with E-state index < -0.39 is 12.7 Å². The summed E-state index contributed by atoms with van der Waals surface area (Å²) in [7, 11) is 0. The highest BCUT2D eigenvalue weighted by Crippen LogP contribution is 2.36. The van der Waals surface area contributed by atoms with Gasteiger partial charge in [0.05, 0.1) is 0 Å². The highest BCUT2D eigenvalue weighted by Gasteiger charge is 2.40. The number of alkyl halides is 3. The van der Waals surface area contributed by atoms with E-state index in [9.17, 15) is 18.0 Å². The van der Waals surface area contributed by atoms with Gasteiger partial charge in [-0.15, -0.1) is 0 Å². The molecule has 1 saturated carbocycles. The maximum Gasteiger partial charge on any atom is 0.406 e. The summed E-state index contributed by atoms with van der Waals surface area (Å²) in [4.78, 5) is 13.2. The molecule has 2 fully saturated rings. The Morgan fingerprint density at radius 3 is 2.53 bits per heavy atom. The van der Waals surface area contributed by atoms with Crippen molar-refractivity contribution in [3.8, 4) is 0 Å². The van der Waals surface area contributed by atoms with Crippen LogP contribution in [0.2, 0.25) is 0 Å². The average molecular weight is 278 g/mol. The number of nitrogens with one attached hydrogen (secondary N) is 1. The van der Waals surface area contributed by atoms with Crippen LogP contribution in [0.1, 0.15) is 32.6 Å². The van der Waals surface area contributed by atoms with Crippen molar-refractivity contribution >= 4 is 5.91 Å². The van der Waals surface area contributed by atoms with Gasteiger partial charge in [0.15, 0.2) is 0 Å². The van der Waals surface area contributed by atoms with Crippen LogP contribution in [-0.4, -0.2) is 42.7 Å². The van der Waals surface area contributed by atoms with E-state index in [0.29, 0.717) is 0 Å². The summed E-state index contributed by atoms with van der Waals surface area (Å²) in [6.45, 7) is 2.23. The van der Waals surface area contributed by atoms with Gasteiger partial charge < -0.3 is 10.2 Å². The molecule has 2 unspecified atom stereocenters. The van der Waals surface area contributed by atoms with Crippen molar-refractivity contribution in [2.24, 2.45) is 11.8 Å². The van der Waals surface area contributed by atoms with E-state index in [1.807, 2.05) is 0 Å². The minimum atomic E-state index is -4.31. The zero-order valence-electron chi connectivity index (χ0n) is 11.2. The molecule has 1 aliphatic carbocycles. The summed E-state index contributed by atoms with van der Waals surface area (Å²) in [5.74, 6) is 0.105. The first kappa shape index (κ1) is 14.6. The molecule has 1 N–H and O–H groups in total. The topological polar surface area (TPSA) is 32.3 Å². The normalized spacial score (nSPS) is 25.4. The predicted molar refractivity (Wildman–Crippen MR) is 65.5 cm³/mol. The molecule has 2 rings (SSSR count). The molecular weight excluding hydrogens is 257 g/mol. The number of rotatable bonds is 5. The van der Waals surface area contributed by atoms with Crippen LogP contribution in [0.15, 0.2) is 0 Å². The second kappa shape index (κ2) is 5.69. The maximum atomic E-state index is 12.6. The van der Waals surface area contributed by atoms with Crippen LogP contribution in [0, 0.1) is 11.8 Å². The molecule has 1 heterocycles. The Bertz CT molecular complexity index is 322. The fourth-order valence-corrected chi connectivity index (χ4v) is 2.74. The van der Waals surface area contributed by atoms with Gasteiger partial charge in [0.2, 0.25) is 5.91 Å². The van der Waals surface area contributed by atoms with Crippen molar-refractivity contribution in [2.45, 2.75) is 44.8 Å². The van der Waals surface area contributed by atoms with Gasteiger partial charge in [-0.25, -0.2) is 0 Å². The summed E-state index contributed by atoms with van der Waals surface area (Å²) < 4.78 is 37.9. The number of amides is 1. The third-order valence-electron chi connectivity index (χ3n) is 4.09. The number of carbonyl (C=O) groups is 1. The SMILES string of the molecule is CC(C1CC1)N(CC(F)(F)F)C(=O)CC1CCNC1. The van der Waals surface area contributed by atoms with Crippen molar-refractivity contribution in [3.05, 3.63) is 0 Å². The molecular formula is C13H21F3N2O. The summed E-state index contributed by atoms with van der Waals surface area (Å²) >= 11 is 0. The second-order valence-electron chi connectivity index (χ2n) is 5.78. The van der Waals surface area contributed by atoms with Crippen LogP contribution in [0.25, 0.3) is 0 Å². The number of halogens is 3. The van der Waals surface area contributed by atoms with Crippen LogP contribution < -0.4 is 5.32 Å². The average Bonchev–Trinajstić information content (AvgIpc) is 3.04. The van der Waals surface area contributed by atoms with Gasteiger partial charge >= 0.3 is 6.18 Å². The zero-order chi connectivity index (χ0) is 14.0. The van der Waals surface area contributed by atoms with Crippen LogP contribution >= 0.6 is 0 Å². The highest BCUT2D eigenvalue weighted by atomic mass is 19.4. The summed E-state index contributed by atoms with van der Waals surface area (Å²) in [5, 5.41) is 3.14. The quantitative estimate of drug-likeness (QED) is 0.836. The number of hydrogen-bond acceptors (Lipinski definition) is 2. The maximum absolute atomic E-state index is 12.6. The molecule has 1 saturated heterocycles. The van der Waals surface area contributed by atoms with Gasteiger partial charge in [-0.1, -0.05) is 0 Å². The molecule has 1 amide bonds. The molecule has 0 aromatic carbocycles. The van der Waals surface area contributed by atoms with E-state index >= 15 is 0 Å². The Balaban J connectivity index is 1.96. The Kier molecular flexibility index (Phi) is 4.38. The third-order valence-corrected chi connectivity index (χ3v) is 4.09. The van der Waals surface area contributed by atoms with Crippen molar-refractivity contribution in [1.29, 1.82) is 0 Å². The minimum Gasteiger partial charge on any atom is -0.331 e. The predicted octanol–water partition coefficient (Wildman–Crippen LogP) is 2.18. The van der Waals surface area contributed by atoms with Crippen LogP contribution in [0.4, 0.5) is 13.2 Å². The van der Waals surface area contributed by atoms with Crippen molar-refractivity contribution in [2.75, 3.05) is 19.6 Å². The summed E-state index contributed by atoms with van der Waals surface area (Å²) in [5.41, 5.74) is 0. The van der Waals surface area contributed by atoms with Gasteiger partial charge in [-0.3, -0.25) is 4.79 Å². The van der Waals surface area contributed by atoms with Gasteiger partial charge in [-0.05, 0) is 51.1 Å². The number of carbonyl (C=O) groups excluding carboxylic acids is 1. The summed E-state index contributed by atoms with van der Waals surface area (Å²) in [6, 6.07) is -0.288. The molecule has 0 aromatic rings. The third kappa shape index (κ3) is 4.37. The number of nitrogens with zero attached hydrogens (tertiary/aromatic N) is 1. The standard InChI is InChI=1S/C13H21F3N2O/c1-9(11-2-3-11)18(8-13(14,15)16)12(19)6-10-4-5-17-7-10/h9-11,17H,2-8H2,1H3. The van der Waals surface area contributed by atoms with Crippen LogP contribution in [-0.2, 0) is 4.79 Å². The van der Waals surface area contributed by atoms with E-state index in [1.54, 1.807) is 6.92 Å². The molecule has 19 heavy (non-hydrogen) atoms. The van der Waals surface area contributed by atoms with E-state index in [0.717, 1.165) is 37.3 Å². The Morgan fingerprint density at radius 1 is 1.37 bits per heavy atom. The van der Waals surface area contributed by atoms with Crippen molar-refractivity contribution in [1.82, 2.24) is 10.2 Å². The van der Waals surface area contributed by atoms with Crippen LogP contribution in [0.3, 0.4) is 0 Å². The monoisotopic (exact) mass is 278 g/mol. The largest absolute Gasteiger partial charge is 0.406 e. The lowest BCUT2D eigenvalue weighted by Gasteiger charge is -2.31. The molecule has 110 valence electrons. The van der Waals surface area contributed by atoms with Gasteiger partial charge in [0.25, 0.3) is 0 Å². The highest BCUT2D eigenvalue weighted by molar-refractivity contribution is 5.77. The zero-order valence-corrected chi connectivity index (χ0v) is 11.2. The van der Waals surface area contributed by atoms with Gasteiger partial charge in [0, 0.05) is 12.5 Å².